The van der Waals surface area contributed by atoms with Crippen LogP contribution < -0.4 is 10.1 Å². The van der Waals surface area contributed by atoms with Crippen molar-refractivity contribution in [2.45, 2.75) is 32.0 Å². The van der Waals surface area contributed by atoms with Gasteiger partial charge in [0.05, 0.1) is 13.7 Å². The van der Waals surface area contributed by atoms with E-state index in [2.05, 4.69) is 22.3 Å². The van der Waals surface area contributed by atoms with Gasteiger partial charge in [-0.1, -0.05) is 35.9 Å². The summed E-state index contributed by atoms with van der Waals surface area (Å²) in [5.74, 6) is 0.901. The predicted molar refractivity (Wildman–Crippen MR) is 99.7 cm³/mol. The summed E-state index contributed by atoms with van der Waals surface area (Å²) in [5.41, 5.74) is 2.24. The van der Waals surface area contributed by atoms with E-state index in [0.29, 0.717) is 24.2 Å². The van der Waals surface area contributed by atoms with Crippen LogP contribution in [0.25, 0.3) is 0 Å². The molecule has 0 aliphatic heterocycles. The third kappa shape index (κ3) is 5.48. The quantitative estimate of drug-likeness (QED) is 0.783. The minimum Gasteiger partial charge on any atom is -0.497 e. The maximum atomic E-state index is 12.3. The van der Waals surface area contributed by atoms with E-state index >= 15 is 0 Å². The number of hydrogen-bond acceptors (Lipinski definition) is 3. The molecule has 2 aromatic carbocycles. The number of ether oxygens (including phenoxy) is 1. The monoisotopic (exact) mass is 358 g/mol. The van der Waals surface area contributed by atoms with E-state index in [0.717, 1.165) is 17.9 Å². The normalized spacial score (nSPS) is 13.7. The highest BCUT2D eigenvalue weighted by Gasteiger charge is 2.30. The highest BCUT2D eigenvalue weighted by atomic mass is 35.5. The lowest BCUT2D eigenvalue weighted by Crippen LogP contribution is -2.37. The topological polar surface area (TPSA) is 41.6 Å². The van der Waals surface area contributed by atoms with Gasteiger partial charge in [0.1, 0.15) is 5.75 Å². The van der Waals surface area contributed by atoms with Crippen LogP contribution in [0.2, 0.25) is 5.02 Å². The van der Waals surface area contributed by atoms with Gasteiger partial charge in [-0.05, 0) is 48.2 Å². The van der Waals surface area contributed by atoms with Crippen LogP contribution in [0.5, 0.6) is 5.75 Å². The van der Waals surface area contributed by atoms with Gasteiger partial charge >= 0.3 is 0 Å². The van der Waals surface area contributed by atoms with Crippen molar-refractivity contribution in [3.05, 3.63) is 64.7 Å². The molecule has 25 heavy (non-hydrogen) atoms. The first-order valence-electron chi connectivity index (χ1n) is 8.52. The van der Waals surface area contributed by atoms with E-state index in [1.165, 1.54) is 18.4 Å². The van der Waals surface area contributed by atoms with E-state index in [1.807, 2.05) is 36.4 Å². The van der Waals surface area contributed by atoms with Crippen LogP contribution in [0.4, 0.5) is 0 Å². The molecule has 1 aliphatic rings. The smallest absolute Gasteiger partial charge is 0.234 e. The molecule has 0 aromatic heterocycles. The van der Waals surface area contributed by atoms with Crippen molar-refractivity contribution in [2.75, 3.05) is 13.7 Å². The molecule has 1 amide bonds. The van der Waals surface area contributed by atoms with Crippen molar-refractivity contribution in [2.24, 2.45) is 0 Å². The molecule has 1 N–H and O–H groups in total. The minimum atomic E-state index is 0.0513. The lowest BCUT2D eigenvalue weighted by atomic mass is 10.2. The highest BCUT2D eigenvalue weighted by molar-refractivity contribution is 6.30. The second-order valence-electron chi connectivity index (χ2n) is 6.39. The minimum absolute atomic E-state index is 0.0513. The van der Waals surface area contributed by atoms with Crippen LogP contribution in [-0.4, -0.2) is 30.5 Å². The van der Waals surface area contributed by atoms with Crippen molar-refractivity contribution in [1.82, 2.24) is 10.2 Å². The van der Waals surface area contributed by atoms with E-state index in [9.17, 15) is 4.79 Å². The van der Waals surface area contributed by atoms with Gasteiger partial charge in [-0.3, -0.25) is 9.69 Å². The van der Waals surface area contributed by atoms with Crippen molar-refractivity contribution >= 4 is 17.5 Å². The Morgan fingerprint density at radius 3 is 2.36 bits per heavy atom. The Hall–Kier alpha value is -2.04. The van der Waals surface area contributed by atoms with Crippen LogP contribution in [0.1, 0.15) is 24.0 Å². The van der Waals surface area contributed by atoms with Crippen molar-refractivity contribution < 1.29 is 9.53 Å². The Balaban J connectivity index is 1.52. The zero-order valence-corrected chi connectivity index (χ0v) is 15.1. The molecule has 1 saturated carbocycles. The molecule has 1 fully saturated rings. The number of carbonyl (C=O) groups is 1. The summed E-state index contributed by atoms with van der Waals surface area (Å²) in [6.07, 6.45) is 2.33. The van der Waals surface area contributed by atoms with Gasteiger partial charge < -0.3 is 10.1 Å². The standard InChI is InChI=1S/C20H23ClN2O2/c1-25-19-10-4-16(5-11-19)13-23(18-8-9-18)14-20(24)22-12-15-2-6-17(21)7-3-15/h2-7,10-11,18H,8-9,12-14H2,1H3,(H,22,24). The molecule has 0 atom stereocenters. The van der Waals surface area contributed by atoms with Crippen molar-refractivity contribution in [3.63, 3.8) is 0 Å². The number of hydrogen-bond donors (Lipinski definition) is 1. The van der Waals surface area contributed by atoms with Crippen molar-refractivity contribution in [3.8, 4) is 5.75 Å². The number of benzene rings is 2. The van der Waals surface area contributed by atoms with E-state index in [4.69, 9.17) is 16.3 Å². The fourth-order valence-corrected chi connectivity index (χ4v) is 2.89. The van der Waals surface area contributed by atoms with E-state index in [1.54, 1.807) is 7.11 Å². The third-order valence-corrected chi connectivity index (χ3v) is 4.61. The second kappa shape index (κ2) is 8.37. The first-order valence-corrected chi connectivity index (χ1v) is 8.90. The SMILES string of the molecule is COc1ccc(CN(CC(=O)NCc2ccc(Cl)cc2)C2CC2)cc1. The average molecular weight is 359 g/mol. The first-order chi connectivity index (χ1) is 12.1. The van der Waals surface area contributed by atoms with Gasteiger partial charge in [0.15, 0.2) is 0 Å². The van der Waals surface area contributed by atoms with Crippen LogP contribution in [0.15, 0.2) is 48.5 Å². The third-order valence-electron chi connectivity index (χ3n) is 4.36. The number of methoxy groups -OCH3 is 1. The molecule has 0 heterocycles. The number of amides is 1. The largest absolute Gasteiger partial charge is 0.497 e. The Bertz CT molecular complexity index is 697. The summed E-state index contributed by atoms with van der Waals surface area (Å²) in [4.78, 5) is 14.6. The summed E-state index contributed by atoms with van der Waals surface area (Å²) in [7, 11) is 1.66. The zero-order chi connectivity index (χ0) is 17.6. The molecule has 0 saturated heterocycles. The number of nitrogens with zero attached hydrogens (tertiary/aromatic N) is 1. The van der Waals surface area contributed by atoms with E-state index in [-0.39, 0.29) is 5.91 Å². The number of nitrogens with one attached hydrogen (secondary N) is 1. The Morgan fingerprint density at radius 2 is 1.76 bits per heavy atom. The fourth-order valence-electron chi connectivity index (χ4n) is 2.76. The average Bonchev–Trinajstić information content (AvgIpc) is 3.46. The molecule has 0 unspecified atom stereocenters. The van der Waals surface area contributed by atoms with Crippen LogP contribution >= 0.6 is 11.6 Å². The molecule has 3 rings (SSSR count). The van der Waals surface area contributed by atoms with Crippen LogP contribution in [0, 0.1) is 0 Å². The number of rotatable bonds is 8. The summed E-state index contributed by atoms with van der Waals surface area (Å²) in [5, 5.41) is 3.70. The number of carbonyl (C=O) groups excluding carboxylic acids is 1. The Labute approximate surface area is 153 Å². The summed E-state index contributed by atoms with van der Waals surface area (Å²) in [6.45, 7) is 1.73. The molecule has 2 aromatic rings. The second-order valence-corrected chi connectivity index (χ2v) is 6.82. The lowest BCUT2D eigenvalue weighted by Gasteiger charge is -2.21. The molecule has 5 heteroatoms. The highest BCUT2D eigenvalue weighted by Crippen LogP contribution is 2.28. The molecule has 132 valence electrons. The van der Waals surface area contributed by atoms with Crippen LogP contribution in [-0.2, 0) is 17.9 Å². The first kappa shape index (κ1) is 17.8. The number of halogens is 1. The molecule has 1 aliphatic carbocycles. The molecule has 4 nitrogen and oxygen atoms in total. The molecule has 0 spiro atoms. The van der Waals surface area contributed by atoms with Gasteiger partial charge in [-0.2, -0.15) is 0 Å². The van der Waals surface area contributed by atoms with E-state index < -0.39 is 0 Å². The summed E-state index contributed by atoms with van der Waals surface area (Å²) in [6, 6.07) is 16.1. The van der Waals surface area contributed by atoms with Gasteiger partial charge in [0.25, 0.3) is 0 Å². The van der Waals surface area contributed by atoms with Gasteiger partial charge in [0, 0.05) is 24.2 Å². The maximum Gasteiger partial charge on any atom is 0.234 e. The predicted octanol–water partition coefficient (Wildman–Crippen LogP) is 3.63. The van der Waals surface area contributed by atoms with Crippen molar-refractivity contribution in [1.29, 1.82) is 0 Å². The van der Waals surface area contributed by atoms with Gasteiger partial charge in [0.2, 0.25) is 5.91 Å². The molecule has 0 bridgehead atoms. The lowest BCUT2D eigenvalue weighted by molar-refractivity contribution is -0.122. The van der Waals surface area contributed by atoms with Gasteiger partial charge in [-0.15, -0.1) is 0 Å². The summed E-state index contributed by atoms with van der Waals surface area (Å²) < 4.78 is 5.19. The Kier molecular flexibility index (Phi) is 5.95. The fraction of sp³-hybridized carbons (Fsp3) is 0.350. The van der Waals surface area contributed by atoms with Crippen LogP contribution in [0.3, 0.4) is 0 Å². The molecular formula is C20H23ClN2O2. The Morgan fingerprint density at radius 1 is 1.12 bits per heavy atom. The maximum absolute atomic E-state index is 12.3. The zero-order valence-electron chi connectivity index (χ0n) is 14.4. The molecule has 0 radical (unpaired) electrons. The summed E-state index contributed by atoms with van der Waals surface area (Å²) >= 11 is 5.88. The van der Waals surface area contributed by atoms with Gasteiger partial charge in [-0.25, -0.2) is 0 Å². The molecular weight excluding hydrogens is 336 g/mol.